The van der Waals surface area contributed by atoms with Gasteiger partial charge in [0.15, 0.2) is 0 Å². The van der Waals surface area contributed by atoms with Crippen LogP contribution >= 0.6 is 24.8 Å². The molecule has 0 aliphatic heterocycles. The van der Waals surface area contributed by atoms with E-state index in [1.165, 1.54) is 12.3 Å². The molecular weight excluding hydrogens is 289 g/mol. The van der Waals surface area contributed by atoms with E-state index < -0.39 is 18.1 Å². The lowest BCUT2D eigenvalue weighted by atomic mass is 10.1. The fourth-order valence-corrected chi connectivity index (χ4v) is 1.18. The van der Waals surface area contributed by atoms with Crippen LogP contribution in [0.3, 0.4) is 0 Å². The van der Waals surface area contributed by atoms with Crippen molar-refractivity contribution < 1.29 is 18.3 Å². The third-order valence-corrected chi connectivity index (χ3v) is 1.91. The summed E-state index contributed by atoms with van der Waals surface area (Å²) in [5.74, 6) is -0.805. The Hall–Kier alpha value is -0.980. The second-order valence-corrected chi connectivity index (χ2v) is 3.00. The average molecular weight is 303 g/mol. The first kappa shape index (κ1) is 19.4. The molecule has 18 heavy (non-hydrogen) atoms. The zero-order valence-corrected chi connectivity index (χ0v) is 11.2. The summed E-state index contributed by atoms with van der Waals surface area (Å²) in [7, 11) is 0. The first-order valence-corrected chi connectivity index (χ1v) is 4.74. The molecule has 1 rings (SSSR count). The van der Waals surface area contributed by atoms with Crippen LogP contribution in [0.15, 0.2) is 12.3 Å². The molecule has 0 aliphatic carbocycles. The monoisotopic (exact) mass is 302 g/mol. The molecule has 0 spiro atoms. The summed E-state index contributed by atoms with van der Waals surface area (Å²) in [4.78, 5) is 14.9. The summed E-state index contributed by atoms with van der Waals surface area (Å²) in [5, 5.41) is 0. The van der Waals surface area contributed by atoms with E-state index in [2.05, 4.69) is 9.72 Å². The van der Waals surface area contributed by atoms with Gasteiger partial charge in [-0.1, -0.05) is 0 Å². The molecule has 0 bridgehead atoms. The van der Waals surface area contributed by atoms with Gasteiger partial charge in [0.1, 0.15) is 5.69 Å². The Labute approximate surface area is 116 Å². The number of alkyl halides is 2. The number of nitrogens with two attached hydrogens (primary N) is 1. The van der Waals surface area contributed by atoms with E-state index in [1.54, 1.807) is 6.92 Å². The molecule has 1 heterocycles. The number of carbonyl (C=O) groups excluding carboxylic acids is 1. The third-order valence-electron chi connectivity index (χ3n) is 1.91. The smallest absolute Gasteiger partial charge is 0.340 e. The summed E-state index contributed by atoms with van der Waals surface area (Å²) in [6.45, 7) is 1.84. The highest BCUT2D eigenvalue weighted by Gasteiger charge is 2.21. The van der Waals surface area contributed by atoms with E-state index in [1.807, 2.05) is 0 Å². The molecule has 2 N–H and O–H groups in total. The molecule has 0 saturated carbocycles. The van der Waals surface area contributed by atoms with E-state index in [4.69, 9.17) is 5.73 Å². The van der Waals surface area contributed by atoms with Gasteiger partial charge in [-0.15, -0.1) is 24.8 Å². The normalized spacial score (nSPS) is 9.39. The molecule has 0 aliphatic rings. The first-order chi connectivity index (χ1) is 7.60. The maximum absolute atomic E-state index is 12.6. The lowest BCUT2D eigenvalue weighted by Gasteiger charge is -2.08. The predicted molar refractivity (Wildman–Crippen MR) is 67.5 cm³/mol. The molecule has 1 aromatic heterocycles. The highest BCUT2D eigenvalue weighted by Crippen LogP contribution is 2.22. The van der Waals surface area contributed by atoms with Gasteiger partial charge in [-0.2, -0.15) is 0 Å². The van der Waals surface area contributed by atoms with Crippen molar-refractivity contribution in [1.29, 1.82) is 0 Å². The number of ether oxygens (including phenoxy) is 1. The second kappa shape index (κ2) is 9.02. The number of hydrogen-bond acceptors (Lipinski definition) is 4. The van der Waals surface area contributed by atoms with Crippen molar-refractivity contribution in [3.05, 3.63) is 29.1 Å². The Morgan fingerprint density at radius 3 is 2.56 bits per heavy atom. The lowest BCUT2D eigenvalue weighted by Crippen LogP contribution is -2.12. The molecule has 4 nitrogen and oxygen atoms in total. The van der Waals surface area contributed by atoms with Crippen LogP contribution in [-0.2, 0) is 11.3 Å². The molecular formula is C10H14Cl2F2N2O2. The van der Waals surface area contributed by atoms with Crippen LogP contribution < -0.4 is 5.73 Å². The minimum atomic E-state index is -2.81. The second-order valence-electron chi connectivity index (χ2n) is 3.00. The van der Waals surface area contributed by atoms with Crippen LogP contribution in [0.25, 0.3) is 0 Å². The summed E-state index contributed by atoms with van der Waals surface area (Å²) in [6, 6.07) is 1.28. The van der Waals surface area contributed by atoms with Gasteiger partial charge in [-0.25, -0.2) is 13.6 Å². The van der Waals surface area contributed by atoms with Crippen molar-refractivity contribution in [1.82, 2.24) is 4.98 Å². The van der Waals surface area contributed by atoms with Crippen molar-refractivity contribution in [3.63, 3.8) is 0 Å². The fourth-order valence-electron chi connectivity index (χ4n) is 1.18. The number of halogens is 4. The van der Waals surface area contributed by atoms with E-state index in [0.717, 1.165) is 0 Å². The van der Waals surface area contributed by atoms with Gasteiger partial charge >= 0.3 is 5.97 Å². The molecule has 0 fully saturated rings. The van der Waals surface area contributed by atoms with Crippen LogP contribution in [0.5, 0.6) is 0 Å². The Bertz CT molecular complexity index is 392. The number of hydrogen-bond donors (Lipinski definition) is 1. The van der Waals surface area contributed by atoms with E-state index in [9.17, 15) is 13.6 Å². The third kappa shape index (κ3) is 4.72. The Kier molecular flexibility index (Phi) is 9.70. The van der Waals surface area contributed by atoms with Crippen molar-refractivity contribution in [2.45, 2.75) is 19.9 Å². The quantitative estimate of drug-likeness (QED) is 0.868. The minimum Gasteiger partial charge on any atom is -0.462 e. The zero-order valence-electron chi connectivity index (χ0n) is 9.56. The molecule has 0 amide bonds. The van der Waals surface area contributed by atoms with Gasteiger partial charge < -0.3 is 10.5 Å². The molecule has 0 atom stereocenters. The van der Waals surface area contributed by atoms with Crippen LogP contribution in [-0.4, -0.2) is 17.6 Å². The van der Waals surface area contributed by atoms with E-state index in [0.29, 0.717) is 5.56 Å². The van der Waals surface area contributed by atoms with Crippen LogP contribution in [0, 0.1) is 0 Å². The van der Waals surface area contributed by atoms with Crippen LogP contribution in [0.2, 0.25) is 0 Å². The topological polar surface area (TPSA) is 65.2 Å². The predicted octanol–water partition coefficient (Wildman–Crippen LogP) is 2.50. The number of nitrogens with zero attached hydrogens (tertiary/aromatic N) is 1. The Morgan fingerprint density at radius 1 is 1.50 bits per heavy atom. The molecule has 0 radical (unpaired) electrons. The van der Waals surface area contributed by atoms with Gasteiger partial charge in [0.25, 0.3) is 6.43 Å². The van der Waals surface area contributed by atoms with E-state index >= 15 is 0 Å². The highest BCUT2D eigenvalue weighted by atomic mass is 35.5. The lowest BCUT2D eigenvalue weighted by molar-refractivity contribution is 0.0513. The number of esters is 1. The summed E-state index contributed by atoms with van der Waals surface area (Å²) in [6.07, 6.45) is -1.59. The Morgan fingerprint density at radius 2 is 2.11 bits per heavy atom. The van der Waals surface area contributed by atoms with Gasteiger partial charge in [0, 0.05) is 12.7 Å². The first-order valence-electron chi connectivity index (χ1n) is 4.74. The van der Waals surface area contributed by atoms with Crippen molar-refractivity contribution in [2.24, 2.45) is 5.73 Å². The van der Waals surface area contributed by atoms with Crippen molar-refractivity contribution in [2.75, 3.05) is 6.61 Å². The molecule has 1 aromatic rings. The fraction of sp³-hybridized carbons (Fsp3) is 0.400. The van der Waals surface area contributed by atoms with Crippen LogP contribution in [0.1, 0.15) is 35.0 Å². The average Bonchev–Trinajstić information content (AvgIpc) is 2.28. The van der Waals surface area contributed by atoms with Gasteiger partial charge in [0.2, 0.25) is 0 Å². The molecule has 8 heteroatoms. The van der Waals surface area contributed by atoms with Gasteiger partial charge in [0.05, 0.1) is 12.2 Å². The molecule has 0 unspecified atom stereocenters. The number of rotatable bonds is 4. The van der Waals surface area contributed by atoms with Crippen LogP contribution in [0.4, 0.5) is 8.78 Å². The molecule has 0 aromatic carbocycles. The number of carbonyl (C=O) groups is 1. The van der Waals surface area contributed by atoms with Crippen molar-refractivity contribution >= 4 is 30.8 Å². The molecule has 104 valence electrons. The van der Waals surface area contributed by atoms with Crippen molar-refractivity contribution in [3.8, 4) is 0 Å². The van der Waals surface area contributed by atoms with Gasteiger partial charge in [-0.3, -0.25) is 4.98 Å². The Balaban J connectivity index is 0. The maximum atomic E-state index is 12.6. The number of pyridine rings is 1. The SMILES string of the molecule is CCOC(=O)c1cc(CN)cnc1C(F)F.Cl.Cl. The highest BCUT2D eigenvalue weighted by molar-refractivity contribution is 5.90. The zero-order chi connectivity index (χ0) is 12.1. The summed E-state index contributed by atoms with van der Waals surface area (Å²) >= 11 is 0. The standard InChI is InChI=1S/C10H12F2N2O2.2ClH/c1-2-16-10(15)7-3-6(4-13)5-14-8(7)9(11)12;;/h3,5,9H,2,4,13H2,1H3;2*1H. The largest absolute Gasteiger partial charge is 0.462 e. The van der Waals surface area contributed by atoms with E-state index in [-0.39, 0.29) is 43.5 Å². The summed E-state index contributed by atoms with van der Waals surface area (Å²) in [5.41, 5.74) is 5.05. The molecule has 0 saturated heterocycles. The summed E-state index contributed by atoms with van der Waals surface area (Å²) < 4.78 is 29.8. The van der Waals surface area contributed by atoms with Gasteiger partial charge in [-0.05, 0) is 18.6 Å². The maximum Gasteiger partial charge on any atom is 0.340 e. The minimum absolute atomic E-state index is 0. The number of aromatic nitrogens is 1.